The number of carbonyl (C=O) groups is 1. The van der Waals surface area contributed by atoms with Crippen molar-refractivity contribution in [2.24, 2.45) is 0 Å². The Labute approximate surface area is 189 Å². The molecule has 33 heavy (non-hydrogen) atoms. The Hall–Kier alpha value is -4.07. The first-order valence-electron chi connectivity index (χ1n) is 10.7. The van der Waals surface area contributed by atoms with E-state index in [1.165, 1.54) is 23.0 Å². The lowest BCUT2D eigenvalue weighted by Crippen LogP contribution is -2.55. The van der Waals surface area contributed by atoms with Gasteiger partial charge in [-0.15, -0.1) is 0 Å². The number of pyridine rings is 1. The van der Waals surface area contributed by atoms with Crippen LogP contribution in [-0.4, -0.2) is 40.4 Å². The van der Waals surface area contributed by atoms with E-state index < -0.39 is 28.9 Å². The van der Waals surface area contributed by atoms with Crippen molar-refractivity contribution in [3.8, 4) is 11.5 Å². The van der Waals surface area contributed by atoms with E-state index >= 15 is 0 Å². The number of fused-ring (bicyclic) bond motifs is 5. The molecule has 2 bridgehead atoms. The maximum atomic E-state index is 15.0. The third-order valence-corrected chi connectivity index (χ3v) is 5.90. The summed E-state index contributed by atoms with van der Waals surface area (Å²) in [5.41, 5.74) is 0.644. The van der Waals surface area contributed by atoms with Gasteiger partial charge in [-0.2, -0.15) is 0 Å². The third kappa shape index (κ3) is 3.63. The zero-order valence-electron chi connectivity index (χ0n) is 17.7. The molecule has 0 fully saturated rings. The van der Waals surface area contributed by atoms with Gasteiger partial charge in [0.2, 0.25) is 5.43 Å². The van der Waals surface area contributed by atoms with E-state index in [9.17, 15) is 19.1 Å². The number of nitrogens with zero attached hydrogens (tertiary/aromatic N) is 3. The summed E-state index contributed by atoms with van der Waals surface area (Å²) in [5.74, 6) is -1.42. The molecule has 1 atom stereocenters. The van der Waals surface area contributed by atoms with Gasteiger partial charge in [0.1, 0.15) is 19.3 Å². The zero-order valence-corrected chi connectivity index (χ0v) is 17.7. The van der Waals surface area contributed by atoms with Crippen LogP contribution < -0.4 is 15.2 Å². The number of para-hydroxylation sites is 1. The molecule has 2 aliphatic rings. The van der Waals surface area contributed by atoms with Crippen molar-refractivity contribution >= 4 is 5.91 Å². The first-order chi connectivity index (χ1) is 16.1. The minimum Gasteiger partial charge on any atom is -0.502 e. The van der Waals surface area contributed by atoms with Crippen LogP contribution >= 0.6 is 0 Å². The molecule has 8 heteroatoms. The van der Waals surface area contributed by atoms with Crippen molar-refractivity contribution in [3.63, 3.8) is 0 Å². The molecule has 1 amide bonds. The number of halogens is 1. The monoisotopic (exact) mass is 447 g/mol. The van der Waals surface area contributed by atoms with Gasteiger partial charge in [-0.05, 0) is 18.1 Å². The van der Waals surface area contributed by atoms with E-state index in [0.717, 1.165) is 5.56 Å². The molecule has 0 saturated carbocycles. The molecule has 168 valence electrons. The first-order valence-corrected chi connectivity index (χ1v) is 10.7. The Morgan fingerprint density at radius 1 is 1.00 bits per heavy atom. The van der Waals surface area contributed by atoms with E-state index in [1.807, 2.05) is 41.4 Å². The Morgan fingerprint density at radius 2 is 1.82 bits per heavy atom. The lowest BCUT2D eigenvalue weighted by molar-refractivity contribution is 0.0682. The van der Waals surface area contributed by atoms with E-state index in [-0.39, 0.29) is 24.7 Å². The first kappa shape index (κ1) is 20.8. The molecule has 3 aromatic rings. The van der Waals surface area contributed by atoms with Crippen molar-refractivity contribution in [3.05, 3.63) is 106 Å². The number of rotatable bonds is 1. The van der Waals surface area contributed by atoms with Gasteiger partial charge < -0.3 is 14.7 Å². The molecule has 5 rings (SSSR count). The van der Waals surface area contributed by atoms with Crippen LogP contribution in [0.4, 0.5) is 4.39 Å². The summed E-state index contributed by atoms with van der Waals surface area (Å²) in [5, 5.41) is 12.4. The summed E-state index contributed by atoms with van der Waals surface area (Å²) < 4.78 is 22.3. The lowest BCUT2D eigenvalue weighted by Gasteiger charge is -2.44. The highest BCUT2D eigenvalue weighted by Crippen LogP contribution is 2.38. The number of hydrogen-bond acceptors (Lipinski definition) is 5. The van der Waals surface area contributed by atoms with Gasteiger partial charge in [-0.25, -0.2) is 4.39 Å². The number of aromatic nitrogens is 1. The van der Waals surface area contributed by atoms with Crippen LogP contribution in [0.3, 0.4) is 0 Å². The number of carbonyl (C=O) groups excluding carboxylic acids is 1. The van der Waals surface area contributed by atoms with Crippen LogP contribution in [0.15, 0.2) is 77.7 Å². The normalized spacial score (nSPS) is 18.9. The highest BCUT2D eigenvalue weighted by Gasteiger charge is 2.37. The summed E-state index contributed by atoms with van der Waals surface area (Å²) in [4.78, 5) is 27.0. The highest BCUT2D eigenvalue weighted by molar-refractivity contribution is 5.96. The van der Waals surface area contributed by atoms with Crippen LogP contribution in [-0.2, 0) is 0 Å². The average molecular weight is 447 g/mol. The van der Waals surface area contributed by atoms with Crippen LogP contribution in [0.25, 0.3) is 0 Å². The minimum atomic E-state index is -0.636. The maximum Gasteiger partial charge on any atom is 0.277 e. The lowest BCUT2D eigenvalue weighted by atomic mass is 9.96. The van der Waals surface area contributed by atoms with Crippen LogP contribution in [0, 0.1) is 5.82 Å². The van der Waals surface area contributed by atoms with Crippen LogP contribution in [0.5, 0.6) is 11.5 Å². The fraction of sp³-hybridized carbons (Fsp3) is 0.200. The van der Waals surface area contributed by atoms with Gasteiger partial charge in [0, 0.05) is 24.4 Å². The van der Waals surface area contributed by atoms with Crippen molar-refractivity contribution in [1.82, 2.24) is 9.58 Å². The van der Waals surface area contributed by atoms with Crippen molar-refractivity contribution in [2.75, 3.05) is 24.8 Å². The van der Waals surface area contributed by atoms with Crippen molar-refractivity contribution < 1.29 is 19.0 Å². The highest BCUT2D eigenvalue weighted by atomic mass is 19.1. The zero-order chi connectivity index (χ0) is 22.9. The summed E-state index contributed by atoms with van der Waals surface area (Å²) in [7, 11) is 0. The molecular formula is C25H22FN3O4. The van der Waals surface area contributed by atoms with Gasteiger partial charge in [-0.3, -0.25) is 19.3 Å². The largest absolute Gasteiger partial charge is 0.502 e. The molecule has 2 aliphatic heterocycles. The minimum absolute atomic E-state index is 0.116. The Kier molecular flexibility index (Phi) is 5.34. The van der Waals surface area contributed by atoms with Crippen LogP contribution in [0.2, 0.25) is 0 Å². The van der Waals surface area contributed by atoms with E-state index in [1.54, 1.807) is 23.1 Å². The SMILES string of the molecule is O=C1c2c(O)c(=O)ccn2N2CN1CC/C=C/COc1c(F)cccc1[C@H]2c1ccccc1. The smallest absolute Gasteiger partial charge is 0.277 e. The molecule has 3 heterocycles. The van der Waals surface area contributed by atoms with E-state index in [0.29, 0.717) is 18.5 Å². The Morgan fingerprint density at radius 3 is 2.64 bits per heavy atom. The number of hydrogen-bond donors (Lipinski definition) is 1. The molecule has 0 saturated heterocycles. The molecule has 0 spiro atoms. The average Bonchev–Trinajstić information content (AvgIpc) is 2.81. The summed E-state index contributed by atoms with van der Waals surface area (Å²) >= 11 is 0. The molecule has 0 radical (unpaired) electrons. The number of aromatic hydroxyl groups is 1. The van der Waals surface area contributed by atoms with E-state index in [4.69, 9.17) is 4.74 Å². The maximum absolute atomic E-state index is 15.0. The molecule has 7 nitrogen and oxygen atoms in total. The molecule has 0 aliphatic carbocycles. The summed E-state index contributed by atoms with van der Waals surface area (Å²) in [6.07, 6.45) is 5.66. The van der Waals surface area contributed by atoms with Crippen molar-refractivity contribution in [1.29, 1.82) is 0 Å². The number of benzene rings is 2. The Balaban J connectivity index is 1.80. The Bertz CT molecular complexity index is 1290. The summed E-state index contributed by atoms with van der Waals surface area (Å²) in [6.45, 7) is 0.733. The molecular weight excluding hydrogens is 425 g/mol. The standard InChI is InChI=1S/C25H22FN3O4/c26-19-11-7-10-18-21(17-8-3-1-4-9-17)29-16-27(13-5-2-6-15-33-24(18)19)25(32)22-23(31)20(30)12-14-28(22)29/h1-4,6-12,14,21,31H,5,13,15-16H2/b6-2+/t21-/m1/s1. The number of amides is 1. The molecule has 0 unspecified atom stereocenters. The quantitative estimate of drug-likeness (QED) is 0.580. The number of ether oxygens (including phenoxy) is 1. The second-order valence-corrected chi connectivity index (χ2v) is 7.91. The van der Waals surface area contributed by atoms with Gasteiger partial charge in [0.05, 0.1) is 0 Å². The third-order valence-electron chi connectivity index (χ3n) is 5.90. The van der Waals surface area contributed by atoms with Gasteiger partial charge >= 0.3 is 0 Å². The van der Waals surface area contributed by atoms with Gasteiger partial charge in [0.15, 0.2) is 23.0 Å². The van der Waals surface area contributed by atoms with Gasteiger partial charge in [0.25, 0.3) is 5.91 Å². The molecule has 1 N–H and O–H groups in total. The molecule has 1 aromatic heterocycles. The fourth-order valence-corrected chi connectivity index (χ4v) is 4.35. The van der Waals surface area contributed by atoms with Crippen LogP contribution in [0.1, 0.15) is 34.1 Å². The second kappa shape index (κ2) is 8.46. The van der Waals surface area contributed by atoms with Crippen molar-refractivity contribution in [2.45, 2.75) is 12.5 Å². The summed E-state index contributed by atoms with van der Waals surface area (Å²) in [6, 6.07) is 14.9. The predicted octanol–water partition coefficient (Wildman–Crippen LogP) is 3.17. The predicted molar refractivity (Wildman–Crippen MR) is 120 cm³/mol. The fourth-order valence-electron chi connectivity index (χ4n) is 4.35. The topological polar surface area (TPSA) is 75.0 Å². The van der Waals surface area contributed by atoms with E-state index in [2.05, 4.69) is 0 Å². The second-order valence-electron chi connectivity index (χ2n) is 7.91. The van der Waals surface area contributed by atoms with Gasteiger partial charge in [-0.1, -0.05) is 54.6 Å². The molecule has 2 aromatic carbocycles.